The molecule has 2 heterocycles. The maximum absolute atomic E-state index is 6.31. The first-order chi connectivity index (χ1) is 20.1. The second-order valence-corrected chi connectivity index (χ2v) is 11.3. The van der Waals surface area contributed by atoms with E-state index in [1.807, 2.05) is 6.07 Å². The van der Waals surface area contributed by atoms with Crippen LogP contribution in [0.4, 0.5) is 0 Å². The van der Waals surface area contributed by atoms with Gasteiger partial charge in [-0.2, -0.15) is 0 Å². The smallest absolute Gasteiger partial charge is 0.198 e. The Morgan fingerprint density at radius 3 is 2.29 bits per heavy atom. The van der Waals surface area contributed by atoms with Crippen LogP contribution in [-0.2, 0) is 6.42 Å². The molecule has 0 N–H and O–H groups in total. The van der Waals surface area contributed by atoms with E-state index in [0.717, 1.165) is 69.7 Å². The zero-order chi connectivity index (χ0) is 27.8. The highest BCUT2D eigenvalue weighted by molar-refractivity contribution is 6.02. The fourth-order valence-electron chi connectivity index (χ4n) is 5.92. The Labute approximate surface area is 240 Å². The minimum Gasteiger partial charge on any atom is -0.440 e. The Hall–Kier alpha value is -4.70. The first-order valence-corrected chi connectivity index (χ1v) is 14.5. The van der Waals surface area contributed by atoms with Crippen LogP contribution in [0.15, 0.2) is 120 Å². The van der Waals surface area contributed by atoms with E-state index >= 15 is 0 Å². The lowest BCUT2D eigenvalue weighted by atomic mass is 9.92. The average molecular weight is 536 g/mol. The van der Waals surface area contributed by atoms with Crippen LogP contribution in [0.25, 0.3) is 50.0 Å². The molecular weight excluding hydrogens is 502 g/mol. The molecule has 0 spiro atoms. The van der Waals surface area contributed by atoms with Gasteiger partial charge in [0.05, 0.1) is 11.0 Å². The molecule has 41 heavy (non-hydrogen) atoms. The van der Waals surface area contributed by atoms with Crippen molar-refractivity contribution in [1.29, 1.82) is 0 Å². The first kappa shape index (κ1) is 25.3. The van der Waals surface area contributed by atoms with Gasteiger partial charge in [0, 0.05) is 22.6 Å². The number of benzene rings is 5. The highest BCUT2D eigenvalue weighted by atomic mass is 16.3. The van der Waals surface area contributed by atoms with Crippen molar-refractivity contribution in [3.63, 3.8) is 0 Å². The Kier molecular flexibility index (Phi) is 6.60. The molecule has 0 saturated heterocycles. The molecule has 0 saturated carbocycles. The number of aromatic nitrogens is 3. The Morgan fingerprint density at radius 1 is 0.707 bits per heavy atom. The molecular formula is C37H33N3O. The monoisotopic (exact) mass is 535 g/mol. The molecule has 0 aliphatic heterocycles. The van der Waals surface area contributed by atoms with Gasteiger partial charge in [-0.05, 0) is 66.5 Å². The second kappa shape index (κ2) is 10.7. The van der Waals surface area contributed by atoms with Crippen LogP contribution in [-0.4, -0.2) is 14.5 Å². The van der Waals surface area contributed by atoms with Crippen molar-refractivity contribution in [2.24, 2.45) is 5.92 Å². The van der Waals surface area contributed by atoms with Crippen LogP contribution in [0.1, 0.15) is 44.1 Å². The molecule has 2 unspecified atom stereocenters. The zero-order valence-corrected chi connectivity index (χ0v) is 23.5. The van der Waals surface area contributed by atoms with Gasteiger partial charge in [-0.3, -0.25) is 4.57 Å². The topological polar surface area (TPSA) is 43.9 Å². The van der Waals surface area contributed by atoms with E-state index in [1.54, 1.807) is 0 Å². The van der Waals surface area contributed by atoms with Crippen LogP contribution in [0, 0.1) is 5.92 Å². The van der Waals surface area contributed by atoms with Crippen molar-refractivity contribution in [3.05, 3.63) is 127 Å². The molecule has 7 aromatic rings. The first-order valence-electron chi connectivity index (χ1n) is 14.5. The largest absolute Gasteiger partial charge is 0.440 e. The number of imidazole rings is 1. The molecule has 0 bridgehead atoms. The summed E-state index contributed by atoms with van der Waals surface area (Å²) in [4.78, 5) is 9.97. The normalized spacial score (nSPS) is 13.2. The van der Waals surface area contributed by atoms with E-state index in [2.05, 4.69) is 128 Å². The quantitative estimate of drug-likeness (QED) is 0.194. The van der Waals surface area contributed by atoms with Gasteiger partial charge in [0.2, 0.25) is 0 Å². The Bertz CT molecular complexity index is 1950. The van der Waals surface area contributed by atoms with Crippen LogP contribution in [0.3, 0.4) is 0 Å². The molecule has 4 heteroatoms. The average Bonchev–Trinajstić information content (AvgIpc) is 3.63. The number of rotatable bonds is 8. The molecule has 4 nitrogen and oxygen atoms in total. The lowest BCUT2D eigenvalue weighted by molar-refractivity contribution is 0.424. The summed E-state index contributed by atoms with van der Waals surface area (Å²) in [6, 6.07) is 40.3. The Balaban J connectivity index is 1.09. The fourth-order valence-corrected chi connectivity index (χ4v) is 5.92. The fraction of sp³-hybridized carbons (Fsp3) is 0.189. The van der Waals surface area contributed by atoms with E-state index in [0.29, 0.717) is 5.92 Å². The molecule has 5 aromatic carbocycles. The molecule has 7 rings (SSSR count). The van der Waals surface area contributed by atoms with E-state index in [-0.39, 0.29) is 5.92 Å². The summed E-state index contributed by atoms with van der Waals surface area (Å²) in [5.41, 5.74) is 7.56. The number of nitrogens with zero attached hydrogens (tertiary/aromatic N) is 3. The van der Waals surface area contributed by atoms with Crippen LogP contribution in [0.5, 0.6) is 0 Å². The summed E-state index contributed by atoms with van der Waals surface area (Å²) in [6.45, 7) is 4.57. The van der Waals surface area contributed by atoms with Crippen molar-refractivity contribution in [2.75, 3.05) is 0 Å². The summed E-state index contributed by atoms with van der Waals surface area (Å²) < 4.78 is 8.57. The van der Waals surface area contributed by atoms with Gasteiger partial charge >= 0.3 is 0 Å². The molecule has 0 amide bonds. The van der Waals surface area contributed by atoms with Crippen LogP contribution in [0.2, 0.25) is 0 Å². The van der Waals surface area contributed by atoms with Gasteiger partial charge in [-0.1, -0.05) is 98.8 Å². The number of fused-ring (bicyclic) bond motifs is 4. The predicted octanol–water partition coefficient (Wildman–Crippen LogP) is 9.75. The summed E-state index contributed by atoms with van der Waals surface area (Å²) in [6.07, 6.45) is 3.15. The highest BCUT2D eigenvalue weighted by Crippen LogP contribution is 2.32. The highest BCUT2D eigenvalue weighted by Gasteiger charge is 2.18. The lowest BCUT2D eigenvalue weighted by Crippen LogP contribution is -2.03. The van der Waals surface area contributed by atoms with Crippen molar-refractivity contribution in [2.45, 2.75) is 39.0 Å². The van der Waals surface area contributed by atoms with Gasteiger partial charge in [-0.25, -0.2) is 9.97 Å². The summed E-state index contributed by atoms with van der Waals surface area (Å²) >= 11 is 0. The molecule has 0 aliphatic carbocycles. The third-order valence-electron chi connectivity index (χ3n) is 8.16. The summed E-state index contributed by atoms with van der Waals surface area (Å²) in [7, 11) is 0. The molecule has 202 valence electrons. The van der Waals surface area contributed by atoms with Crippen LogP contribution >= 0.6 is 0 Å². The number of hydrogen-bond acceptors (Lipinski definition) is 3. The summed E-state index contributed by atoms with van der Waals surface area (Å²) in [5.74, 6) is 2.60. The van der Waals surface area contributed by atoms with Gasteiger partial charge in [0.25, 0.3) is 0 Å². The molecule has 0 radical (unpaired) electrons. The van der Waals surface area contributed by atoms with Gasteiger partial charge in [0.1, 0.15) is 11.3 Å². The molecule has 0 aliphatic rings. The third kappa shape index (κ3) is 4.91. The van der Waals surface area contributed by atoms with Gasteiger partial charge in [0.15, 0.2) is 11.5 Å². The predicted molar refractivity (Wildman–Crippen MR) is 169 cm³/mol. The standard InChI is InChI=1S/C37H33N3O/c1-25(17-18-26(2)37-39-32-21-20-28-11-9-10-16-31(28)35(32)41-37)23-27-19-22-34-33(24-27)38-36(29-12-5-3-6-13-29)40(34)30-14-7-4-8-15-30/h3-16,19-22,24-26H,17-18,23H2,1-2H3. The van der Waals surface area contributed by atoms with Crippen molar-refractivity contribution >= 4 is 32.9 Å². The van der Waals surface area contributed by atoms with E-state index in [1.165, 1.54) is 10.9 Å². The molecule has 2 aromatic heterocycles. The maximum Gasteiger partial charge on any atom is 0.198 e. The number of oxazole rings is 1. The third-order valence-corrected chi connectivity index (χ3v) is 8.16. The van der Waals surface area contributed by atoms with Gasteiger partial charge < -0.3 is 4.42 Å². The summed E-state index contributed by atoms with van der Waals surface area (Å²) in [5, 5.41) is 2.32. The van der Waals surface area contributed by atoms with Crippen molar-refractivity contribution in [3.8, 4) is 17.1 Å². The SMILES string of the molecule is CC(CCC(C)c1nc2ccc3ccccc3c2o1)Cc1ccc2c(c1)nc(-c1ccccc1)n2-c1ccccc1. The van der Waals surface area contributed by atoms with Crippen LogP contribution < -0.4 is 0 Å². The van der Waals surface area contributed by atoms with E-state index < -0.39 is 0 Å². The zero-order valence-electron chi connectivity index (χ0n) is 23.5. The van der Waals surface area contributed by atoms with E-state index in [4.69, 9.17) is 14.4 Å². The maximum atomic E-state index is 6.31. The second-order valence-electron chi connectivity index (χ2n) is 11.3. The lowest BCUT2D eigenvalue weighted by Gasteiger charge is -2.14. The van der Waals surface area contributed by atoms with Gasteiger partial charge in [-0.15, -0.1) is 0 Å². The minimum atomic E-state index is 0.265. The number of hydrogen-bond donors (Lipinski definition) is 0. The molecule has 0 fully saturated rings. The van der Waals surface area contributed by atoms with Crippen molar-refractivity contribution in [1.82, 2.24) is 14.5 Å². The minimum absolute atomic E-state index is 0.265. The van der Waals surface area contributed by atoms with Crippen molar-refractivity contribution < 1.29 is 4.42 Å². The molecule has 2 atom stereocenters. The van der Waals surface area contributed by atoms with E-state index in [9.17, 15) is 0 Å². The Morgan fingerprint density at radius 2 is 1.46 bits per heavy atom. The number of para-hydroxylation sites is 1.